The molecule has 2 amide bonds. The van der Waals surface area contributed by atoms with E-state index in [0.29, 0.717) is 13.0 Å². The minimum absolute atomic E-state index is 0.0757. The molecule has 1 aliphatic heterocycles. The Morgan fingerprint density at radius 3 is 2.95 bits per heavy atom. The quantitative estimate of drug-likeness (QED) is 0.846. The van der Waals surface area contributed by atoms with E-state index in [2.05, 4.69) is 18.3 Å². The SMILES string of the molecule is CCc1cccc(NCC(=O)N2CCCC2C(N)=O)c1. The number of rotatable bonds is 5. The Hall–Kier alpha value is -2.04. The van der Waals surface area contributed by atoms with Crippen molar-refractivity contribution < 1.29 is 9.59 Å². The molecule has 0 radical (unpaired) electrons. The van der Waals surface area contributed by atoms with E-state index in [4.69, 9.17) is 5.73 Å². The topological polar surface area (TPSA) is 75.4 Å². The predicted octanol–water partition coefficient (Wildman–Crippen LogP) is 1.14. The Bertz CT molecular complexity index is 502. The number of hydrogen-bond donors (Lipinski definition) is 2. The monoisotopic (exact) mass is 275 g/mol. The van der Waals surface area contributed by atoms with Crippen molar-refractivity contribution >= 4 is 17.5 Å². The smallest absolute Gasteiger partial charge is 0.242 e. The Labute approximate surface area is 119 Å². The van der Waals surface area contributed by atoms with E-state index in [1.54, 1.807) is 4.90 Å². The van der Waals surface area contributed by atoms with Gasteiger partial charge in [-0.3, -0.25) is 9.59 Å². The summed E-state index contributed by atoms with van der Waals surface area (Å²) in [7, 11) is 0. The lowest BCUT2D eigenvalue weighted by atomic mass is 10.1. The minimum Gasteiger partial charge on any atom is -0.376 e. The van der Waals surface area contributed by atoms with Crippen LogP contribution in [0, 0.1) is 0 Å². The van der Waals surface area contributed by atoms with E-state index in [1.807, 2.05) is 18.2 Å². The molecule has 1 aromatic rings. The van der Waals surface area contributed by atoms with Gasteiger partial charge in [-0.05, 0) is 37.0 Å². The van der Waals surface area contributed by atoms with Gasteiger partial charge in [0.25, 0.3) is 0 Å². The summed E-state index contributed by atoms with van der Waals surface area (Å²) in [5, 5.41) is 3.11. The second-order valence-corrected chi connectivity index (χ2v) is 5.06. The summed E-state index contributed by atoms with van der Waals surface area (Å²) in [6, 6.07) is 7.54. The summed E-state index contributed by atoms with van der Waals surface area (Å²) in [6.45, 7) is 2.89. The summed E-state index contributed by atoms with van der Waals surface area (Å²) < 4.78 is 0. The maximum atomic E-state index is 12.1. The number of nitrogens with zero attached hydrogens (tertiary/aromatic N) is 1. The number of likely N-dealkylation sites (tertiary alicyclic amines) is 1. The molecule has 0 saturated carbocycles. The number of anilines is 1. The predicted molar refractivity (Wildman–Crippen MR) is 78.2 cm³/mol. The zero-order valence-electron chi connectivity index (χ0n) is 11.8. The maximum absolute atomic E-state index is 12.1. The molecule has 1 unspecified atom stereocenters. The molecular weight excluding hydrogens is 254 g/mol. The third-order valence-corrected chi connectivity index (χ3v) is 3.68. The van der Waals surface area contributed by atoms with E-state index < -0.39 is 11.9 Å². The number of hydrogen-bond acceptors (Lipinski definition) is 3. The van der Waals surface area contributed by atoms with Gasteiger partial charge in [-0.2, -0.15) is 0 Å². The van der Waals surface area contributed by atoms with Crippen molar-refractivity contribution in [3.63, 3.8) is 0 Å². The number of aryl methyl sites for hydroxylation is 1. The van der Waals surface area contributed by atoms with Crippen molar-refractivity contribution in [1.29, 1.82) is 0 Å². The van der Waals surface area contributed by atoms with Crippen LogP contribution in [0.4, 0.5) is 5.69 Å². The largest absolute Gasteiger partial charge is 0.376 e. The summed E-state index contributed by atoms with van der Waals surface area (Å²) in [6.07, 6.45) is 2.47. The normalized spacial score (nSPS) is 18.1. The summed E-state index contributed by atoms with van der Waals surface area (Å²) in [5.41, 5.74) is 7.46. The van der Waals surface area contributed by atoms with Gasteiger partial charge in [-0.15, -0.1) is 0 Å². The van der Waals surface area contributed by atoms with Crippen LogP contribution in [-0.2, 0) is 16.0 Å². The van der Waals surface area contributed by atoms with Crippen molar-refractivity contribution in [2.24, 2.45) is 5.73 Å². The average molecular weight is 275 g/mol. The number of amides is 2. The first kappa shape index (κ1) is 14.4. The highest BCUT2D eigenvalue weighted by atomic mass is 16.2. The van der Waals surface area contributed by atoms with Crippen LogP contribution in [0.3, 0.4) is 0 Å². The molecule has 3 N–H and O–H groups in total. The standard InChI is InChI=1S/C15H21N3O2/c1-2-11-5-3-6-12(9-11)17-10-14(19)18-8-4-7-13(18)15(16)20/h3,5-6,9,13,17H,2,4,7-8,10H2,1H3,(H2,16,20). The van der Waals surface area contributed by atoms with Gasteiger partial charge >= 0.3 is 0 Å². The highest BCUT2D eigenvalue weighted by Crippen LogP contribution is 2.17. The van der Waals surface area contributed by atoms with Gasteiger partial charge in [-0.1, -0.05) is 19.1 Å². The zero-order valence-corrected chi connectivity index (χ0v) is 11.8. The van der Waals surface area contributed by atoms with Crippen LogP contribution < -0.4 is 11.1 Å². The fourth-order valence-corrected chi connectivity index (χ4v) is 2.54. The lowest BCUT2D eigenvalue weighted by molar-refractivity contribution is -0.135. The first-order valence-corrected chi connectivity index (χ1v) is 7.03. The molecular formula is C15H21N3O2. The van der Waals surface area contributed by atoms with Crippen LogP contribution in [0.5, 0.6) is 0 Å². The van der Waals surface area contributed by atoms with Gasteiger partial charge < -0.3 is 16.0 Å². The third-order valence-electron chi connectivity index (χ3n) is 3.68. The fraction of sp³-hybridized carbons (Fsp3) is 0.467. The molecule has 1 aliphatic rings. The van der Waals surface area contributed by atoms with Crippen LogP contribution in [0.2, 0.25) is 0 Å². The van der Waals surface area contributed by atoms with Crippen LogP contribution in [0.25, 0.3) is 0 Å². The highest BCUT2D eigenvalue weighted by molar-refractivity contribution is 5.89. The van der Waals surface area contributed by atoms with E-state index in [1.165, 1.54) is 5.56 Å². The molecule has 1 aromatic carbocycles. The van der Waals surface area contributed by atoms with E-state index in [-0.39, 0.29) is 12.5 Å². The van der Waals surface area contributed by atoms with Crippen LogP contribution in [-0.4, -0.2) is 35.8 Å². The molecule has 2 rings (SSSR count). The maximum Gasteiger partial charge on any atom is 0.242 e. The first-order chi connectivity index (χ1) is 9.61. The van der Waals surface area contributed by atoms with Gasteiger partial charge in [0.1, 0.15) is 6.04 Å². The number of nitrogens with two attached hydrogens (primary N) is 1. The molecule has 5 nitrogen and oxygen atoms in total. The molecule has 108 valence electrons. The lowest BCUT2D eigenvalue weighted by Crippen LogP contribution is -2.45. The summed E-state index contributed by atoms with van der Waals surface area (Å²) >= 11 is 0. The molecule has 5 heteroatoms. The van der Waals surface area contributed by atoms with E-state index in [9.17, 15) is 9.59 Å². The Balaban J connectivity index is 1.93. The second kappa shape index (κ2) is 6.41. The number of carbonyl (C=O) groups excluding carboxylic acids is 2. The van der Waals surface area contributed by atoms with Gasteiger partial charge in [-0.25, -0.2) is 0 Å². The van der Waals surface area contributed by atoms with E-state index in [0.717, 1.165) is 18.5 Å². The van der Waals surface area contributed by atoms with Crippen molar-refractivity contribution in [3.05, 3.63) is 29.8 Å². The van der Waals surface area contributed by atoms with Crippen molar-refractivity contribution in [1.82, 2.24) is 4.90 Å². The van der Waals surface area contributed by atoms with Gasteiger partial charge in [0, 0.05) is 12.2 Å². The van der Waals surface area contributed by atoms with Crippen LogP contribution >= 0.6 is 0 Å². The molecule has 0 bridgehead atoms. The zero-order chi connectivity index (χ0) is 14.5. The Morgan fingerprint density at radius 1 is 1.45 bits per heavy atom. The molecule has 1 fully saturated rings. The molecule has 0 aliphatic carbocycles. The first-order valence-electron chi connectivity index (χ1n) is 7.03. The highest BCUT2D eigenvalue weighted by Gasteiger charge is 2.32. The molecule has 1 heterocycles. The number of benzene rings is 1. The molecule has 1 atom stereocenters. The van der Waals surface area contributed by atoms with Crippen molar-refractivity contribution in [3.8, 4) is 0 Å². The van der Waals surface area contributed by atoms with Gasteiger partial charge in [0.2, 0.25) is 11.8 Å². The van der Waals surface area contributed by atoms with Gasteiger partial charge in [0.05, 0.1) is 6.54 Å². The van der Waals surface area contributed by atoms with Crippen molar-refractivity contribution in [2.75, 3.05) is 18.4 Å². The van der Waals surface area contributed by atoms with E-state index >= 15 is 0 Å². The summed E-state index contributed by atoms with van der Waals surface area (Å²) in [4.78, 5) is 25.0. The van der Waals surface area contributed by atoms with Gasteiger partial charge in [0.15, 0.2) is 0 Å². The summed E-state index contributed by atoms with van der Waals surface area (Å²) in [5.74, 6) is -0.489. The molecule has 20 heavy (non-hydrogen) atoms. The van der Waals surface area contributed by atoms with Crippen molar-refractivity contribution in [2.45, 2.75) is 32.2 Å². The van der Waals surface area contributed by atoms with Crippen LogP contribution in [0.15, 0.2) is 24.3 Å². The number of primary amides is 1. The Morgan fingerprint density at radius 2 is 2.25 bits per heavy atom. The molecule has 0 aromatic heterocycles. The fourth-order valence-electron chi connectivity index (χ4n) is 2.54. The lowest BCUT2D eigenvalue weighted by Gasteiger charge is -2.22. The van der Waals surface area contributed by atoms with Crippen LogP contribution in [0.1, 0.15) is 25.3 Å². The molecule has 0 spiro atoms. The third kappa shape index (κ3) is 3.29. The second-order valence-electron chi connectivity index (χ2n) is 5.06. The molecule has 1 saturated heterocycles. The minimum atomic E-state index is -0.439. The average Bonchev–Trinajstić information content (AvgIpc) is 2.94. The number of nitrogens with one attached hydrogen (secondary N) is 1. The Kier molecular flexibility index (Phi) is 4.61. The number of carbonyl (C=O) groups is 2.